The van der Waals surface area contributed by atoms with Crippen LogP contribution in [0.4, 0.5) is 0 Å². The minimum Gasteiger partial charge on any atom is -0.252 e. The second-order valence-corrected chi connectivity index (χ2v) is 4.14. The fourth-order valence-electron chi connectivity index (χ4n) is 1.54. The first-order valence-electron chi connectivity index (χ1n) is 5.21. The lowest BCUT2D eigenvalue weighted by molar-refractivity contribution is 0.414. The summed E-state index contributed by atoms with van der Waals surface area (Å²) in [6.45, 7) is 5.41. The first kappa shape index (κ1) is 11.5. The fraction of sp³-hybridized carbons (Fsp3) is 0.800. The van der Waals surface area contributed by atoms with Gasteiger partial charge < -0.3 is 0 Å². The second kappa shape index (κ2) is 6.02. The van der Waals surface area contributed by atoms with E-state index >= 15 is 0 Å². The Labute approximate surface area is 90.4 Å². The van der Waals surface area contributed by atoms with Crippen molar-refractivity contribution in [1.82, 2.24) is 15.0 Å². The van der Waals surface area contributed by atoms with Gasteiger partial charge in [-0.1, -0.05) is 25.5 Å². The van der Waals surface area contributed by atoms with Crippen LogP contribution in [-0.2, 0) is 13.0 Å². The third-order valence-electron chi connectivity index (χ3n) is 2.22. The molecule has 0 fully saturated rings. The van der Waals surface area contributed by atoms with Crippen molar-refractivity contribution in [2.24, 2.45) is 5.92 Å². The first-order valence-corrected chi connectivity index (χ1v) is 5.74. The van der Waals surface area contributed by atoms with E-state index in [1.54, 1.807) is 0 Å². The maximum Gasteiger partial charge on any atom is 0.0839 e. The summed E-state index contributed by atoms with van der Waals surface area (Å²) in [5.41, 5.74) is 0.990. The molecule has 0 bridgehead atoms. The van der Waals surface area contributed by atoms with Crippen molar-refractivity contribution in [3.63, 3.8) is 0 Å². The van der Waals surface area contributed by atoms with Crippen LogP contribution in [0.5, 0.6) is 0 Å². The van der Waals surface area contributed by atoms with Crippen LogP contribution in [0.15, 0.2) is 6.20 Å². The molecule has 1 unspecified atom stereocenters. The molecule has 4 heteroatoms. The van der Waals surface area contributed by atoms with Crippen LogP contribution < -0.4 is 0 Å². The van der Waals surface area contributed by atoms with Crippen LogP contribution in [0.2, 0.25) is 0 Å². The van der Waals surface area contributed by atoms with Gasteiger partial charge in [-0.05, 0) is 12.3 Å². The van der Waals surface area contributed by atoms with Crippen molar-refractivity contribution in [2.45, 2.75) is 39.7 Å². The molecule has 0 spiro atoms. The van der Waals surface area contributed by atoms with Crippen molar-refractivity contribution < 1.29 is 0 Å². The van der Waals surface area contributed by atoms with Gasteiger partial charge in [0, 0.05) is 25.0 Å². The summed E-state index contributed by atoms with van der Waals surface area (Å²) in [5.74, 6) is 1.29. The van der Waals surface area contributed by atoms with Crippen molar-refractivity contribution in [1.29, 1.82) is 0 Å². The lowest BCUT2D eigenvalue weighted by atomic mass is 10.1. The Balaban J connectivity index is 2.42. The third-order valence-corrected chi connectivity index (χ3v) is 2.41. The van der Waals surface area contributed by atoms with E-state index in [4.69, 9.17) is 11.6 Å². The van der Waals surface area contributed by atoms with E-state index in [2.05, 4.69) is 24.2 Å². The molecule has 0 saturated carbocycles. The third kappa shape index (κ3) is 3.66. The molecule has 1 aromatic rings. The summed E-state index contributed by atoms with van der Waals surface area (Å²) in [4.78, 5) is 0. The zero-order chi connectivity index (χ0) is 10.4. The Morgan fingerprint density at radius 2 is 2.36 bits per heavy atom. The minimum absolute atomic E-state index is 0.614. The Bertz CT molecular complexity index is 260. The molecule has 0 aromatic carbocycles. The number of hydrogen-bond acceptors (Lipinski definition) is 2. The highest BCUT2D eigenvalue weighted by atomic mass is 35.5. The normalized spacial score (nSPS) is 13.1. The second-order valence-electron chi connectivity index (χ2n) is 3.76. The molecular weight excluding hydrogens is 198 g/mol. The van der Waals surface area contributed by atoms with E-state index in [1.807, 2.05) is 10.9 Å². The Kier molecular flexibility index (Phi) is 4.94. The van der Waals surface area contributed by atoms with Crippen LogP contribution in [0.25, 0.3) is 0 Å². The van der Waals surface area contributed by atoms with Gasteiger partial charge in [0.2, 0.25) is 0 Å². The minimum atomic E-state index is 0.614. The molecule has 0 aliphatic carbocycles. The van der Waals surface area contributed by atoms with Crippen LogP contribution in [0.1, 0.15) is 32.4 Å². The molecule has 0 amide bonds. The molecule has 0 radical (unpaired) electrons. The maximum absolute atomic E-state index is 5.62. The maximum atomic E-state index is 5.62. The van der Waals surface area contributed by atoms with E-state index in [0.717, 1.165) is 18.7 Å². The van der Waals surface area contributed by atoms with Gasteiger partial charge in [0.1, 0.15) is 0 Å². The van der Waals surface area contributed by atoms with Crippen LogP contribution in [0.3, 0.4) is 0 Å². The van der Waals surface area contributed by atoms with E-state index in [-0.39, 0.29) is 0 Å². The predicted molar refractivity (Wildman–Crippen MR) is 58.5 cm³/mol. The highest BCUT2D eigenvalue weighted by molar-refractivity contribution is 6.17. The molecule has 0 N–H and O–H groups in total. The smallest absolute Gasteiger partial charge is 0.0839 e. The number of nitrogens with zero attached hydrogens (tertiary/aromatic N) is 3. The fourth-order valence-corrected chi connectivity index (χ4v) is 1.74. The van der Waals surface area contributed by atoms with Gasteiger partial charge >= 0.3 is 0 Å². The average molecular weight is 216 g/mol. The number of halogens is 1. The summed E-state index contributed by atoms with van der Waals surface area (Å²) in [6.07, 6.45) is 5.27. The lowest BCUT2D eigenvalue weighted by Crippen LogP contribution is -2.07. The topological polar surface area (TPSA) is 30.7 Å². The largest absolute Gasteiger partial charge is 0.252 e. The van der Waals surface area contributed by atoms with E-state index in [1.165, 1.54) is 12.8 Å². The zero-order valence-corrected chi connectivity index (χ0v) is 9.67. The average Bonchev–Trinajstić information content (AvgIpc) is 2.53. The van der Waals surface area contributed by atoms with Gasteiger partial charge in [0.25, 0.3) is 0 Å². The van der Waals surface area contributed by atoms with Crippen LogP contribution >= 0.6 is 11.6 Å². The summed E-state index contributed by atoms with van der Waals surface area (Å²) in [6, 6.07) is 0. The molecule has 1 aromatic heterocycles. The zero-order valence-electron chi connectivity index (χ0n) is 8.91. The molecule has 14 heavy (non-hydrogen) atoms. The van der Waals surface area contributed by atoms with Gasteiger partial charge in [-0.3, -0.25) is 4.68 Å². The molecular formula is C10H18ClN3. The van der Waals surface area contributed by atoms with Crippen molar-refractivity contribution in [2.75, 3.05) is 5.88 Å². The number of aromatic nitrogens is 3. The lowest BCUT2D eigenvalue weighted by Gasteiger charge is -2.08. The van der Waals surface area contributed by atoms with Crippen molar-refractivity contribution in [3.05, 3.63) is 11.9 Å². The van der Waals surface area contributed by atoms with Gasteiger partial charge in [-0.2, -0.15) is 0 Å². The Hall–Kier alpha value is -0.570. The molecule has 1 heterocycles. The summed E-state index contributed by atoms with van der Waals surface area (Å²) >= 11 is 5.62. The molecule has 0 aliphatic heterocycles. The molecule has 1 atom stereocenters. The standard InChI is InChI=1S/C10H18ClN3/c1-3-4-9(2)7-14-8-10(5-6-11)12-13-14/h8-9H,3-7H2,1-2H3. The molecule has 80 valence electrons. The SMILES string of the molecule is CCCC(C)Cn1cc(CCCl)nn1. The van der Waals surface area contributed by atoms with Gasteiger partial charge in [0.15, 0.2) is 0 Å². The van der Waals surface area contributed by atoms with Crippen molar-refractivity contribution in [3.8, 4) is 0 Å². The van der Waals surface area contributed by atoms with Crippen LogP contribution in [0, 0.1) is 5.92 Å². The van der Waals surface area contributed by atoms with Gasteiger partial charge in [-0.15, -0.1) is 16.7 Å². The number of aryl methyl sites for hydroxylation is 1. The molecule has 1 rings (SSSR count). The highest BCUT2D eigenvalue weighted by Gasteiger charge is 2.04. The monoisotopic (exact) mass is 215 g/mol. The molecule has 0 aliphatic rings. The highest BCUT2D eigenvalue weighted by Crippen LogP contribution is 2.07. The number of rotatable bonds is 6. The Morgan fingerprint density at radius 3 is 3.00 bits per heavy atom. The Morgan fingerprint density at radius 1 is 1.57 bits per heavy atom. The first-order chi connectivity index (χ1) is 6.76. The molecule has 0 saturated heterocycles. The summed E-state index contributed by atoms with van der Waals surface area (Å²) < 4.78 is 1.92. The van der Waals surface area contributed by atoms with Crippen LogP contribution in [-0.4, -0.2) is 20.9 Å². The van der Waals surface area contributed by atoms with E-state index in [0.29, 0.717) is 11.8 Å². The van der Waals surface area contributed by atoms with Gasteiger partial charge in [0.05, 0.1) is 5.69 Å². The molecule has 3 nitrogen and oxygen atoms in total. The van der Waals surface area contributed by atoms with E-state index in [9.17, 15) is 0 Å². The number of alkyl halides is 1. The van der Waals surface area contributed by atoms with Crippen molar-refractivity contribution >= 4 is 11.6 Å². The summed E-state index contributed by atoms with van der Waals surface area (Å²) in [5, 5.41) is 8.11. The van der Waals surface area contributed by atoms with Gasteiger partial charge in [-0.25, -0.2) is 0 Å². The summed E-state index contributed by atoms with van der Waals surface area (Å²) in [7, 11) is 0. The predicted octanol–water partition coefficient (Wildman–Crippen LogP) is 2.50. The quantitative estimate of drug-likeness (QED) is 0.683. The van der Waals surface area contributed by atoms with E-state index < -0.39 is 0 Å². The number of hydrogen-bond donors (Lipinski definition) is 0.